The minimum Gasteiger partial charge on any atom is -0.496 e. The van der Waals surface area contributed by atoms with Crippen molar-refractivity contribution in [2.45, 2.75) is 13.8 Å². The van der Waals surface area contributed by atoms with Crippen molar-refractivity contribution in [3.63, 3.8) is 0 Å². The predicted molar refractivity (Wildman–Crippen MR) is 74.7 cm³/mol. The molecule has 1 aromatic carbocycles. The first kappa shape index (κ1) is 12.6. The lowest BCUT2D eigenvalue weighted by atomic mass is 10.1. The van der Waals surface area contributed by atoms with Crippen molar-refractivity contribution >= 4 is 22.9 Å². The van der Waals surface area contributed by atoms with Crippen molar-refractivity contribution in [3.8, 4) is 5.75 Å². The van der Waals surface area contributed by atoms with Crippen LogP contribution in [0.2, 0.25) is 0 Å². The summed E-state index contributed by atoms with van der Waals surface area (Å²) in [6.07, 6.45) is 0. The number of anilines is 1. The van der Waals surface area contributed by atoms with E-state index in [9.17, 15) is 4.79 Å². The Hall–Kier alpha value is -1.81. The van der Waals surface area contributed by atoms with Gasteiger partial charge in [-0.2, -0.15) is 0 Å². The van der Waals surface area contributed by atoms with Gasteiger partial charge in [-0.25, -0.2) is 0 Å². The fraction of sp³-hybridized carbons (Fsp3) is 0.214. The molecule has 1 heterocycles. The summed E-state index contributed by atoms with van der Waals surface area (Å²) in [6, 6.07) is 7.50. The fourth-order valence-electron chi connectivity index (χ4n) is 1.94. The Kier molecular flexibility index (Phi) is 3.67. The molecule has 0 unspecified atom stereocenters. The normalized spacial score (nSPS) is 10.2. The number of aryl methyl sites for hydroxylation is 2. The van der Waals surface area contributed by atoms with Gasteiger partial charge in [0.25, 0.3) is 5.91 Å². The molecule has 0 saturated heterocycles. The molecule has 18 heavy (non-hydrogen) atoms. The predicted octanol–water partition coefficient (Wildman–Crippen LogP) is 3.63. The number of benzene rings is 1. The maximum absolute atomic E-state index is 11.9. The number of carbonyl (C=O) groups is 1. The molecular formula is C14H15NO2S. The molecular weight excluding hydrogens is 246 g/mol. The number of thiophene rings is 1. The lowest BCUT2D eigenvalue weighted by Gasteiger charge is -2.11. The van der Waals surface area contributed by atoms with E-state index in [1.165, 1.54) is 11.3 Å². The Bertz CT molecular complexity index is 538. The summed E-state index contributed by atoms with van der Waals surface area (Å²) < 4.78 is 5.30. The summed E-state index contributed by atoms with van der Waals surface area (Å²) in [4.78, 5) is 12.6. The molecule has 0 aliphatic heterocycles. The highest BCUT2D eigenvalue weighted by atomic mass is 32.1. The Labute approximate surface area is 110 Å². The van der Waals surface area contributed by atoms with Crippen LogP contribution in [0.15, 0.2) is 29.6 Å². The van der Waals surface area contributed by atoms with E-state index in [1.807, 2.05) is 43.5 Å². The minimum atomic E-state index is -0.0750. The second-order valence-corrected chi connectivity index (χ2v) is 5.02. The van der Waals surface area contributed by atoms with Crippen molar-refractivity contribution in [2.24, 2.45) is 0 Å². The summed E-state index contributed by atoms with van der Waals surface area (Å²) in [5.74, 6) is 0.790. The molecule has 0 atom stereocenters. The third-order valence-corrected chi connectivity index (χ3v) is 3.54. The number of hydrogen-bond acceptors (Lipinski definition) is 3. The van der Waals surface area contributed by atoms with Gasteiger partial charge in [-0.3, -0.25) is 4.79 Å². The molecule has 1 N–H and O–H groups in total. The van der Waals surface area contributed by atoms with E-state index in [1.54, 1.807) is 7.11 Å². The molecule has 0 bridgehead atoms. The van der Waals surface area contributed by atoms with Crippen molar-refractivity contribution in [2.75, 3.05) is 12.4 Å². The molecule has 2 aromatic rings. The topological polar surface area (TPSA) is 38.3 Å². The van der Waals surface area contributed by atoms with Gasteiger partial charge in [-0.1, -0.05) is 6.07 Å². The first-order valence-electron chi connectivity index (χ1n) is 5.62. The van der Waals surface area contributed by atoms with E-state index in [2.05, 4.69) is 5.32 Å². The van der Waals surface area contributed by atoms with E-state index in [4.69, 9.17) is 4.74 Å². The SMILES string of the molecule is COc1c(C)cc(NC(=O)c2cccs2)cc1C. The first-order valence-corrected chi connectivity index (χ1v) is 6.50. The van der Waals surface area contributed by atoms with Crippen LogP contribution in [0.5, 0.6) is 5.75 Å². The van der Waals surface area contributed by atoms with E-state index < -0.39 is 0 Å². The lowest BCUT2D eigenvalue weighted by Crippen LogP contribution is -2.10. The van der Waals surface area contributed by atoms with Crippen LogP contribution >= 0.6 is 11.3 Å². The fourth-order valence-corrected chi connectivity index (χ4v) is 2.56. The van der Waals surface area contributed by atoms with E-state index in [0.29, 0.717) is 4.88 Å². The average Bonchev–Trinajstić information content (AvgIpc) is 2.81. The second kappa shape index (κ2) is 5.23. The average molecular weight is 261 g/mol. The number of ether oxygens (including phenoxy) is 1. The van der Waals surface area contributed by atoms with Gasteiger partial charge in [0.2, 0.25) is 0 Å². The molecule has 0 spiro atoms. The number of amides is 1. The summed E-state index contributed by atoms with van der Waals surface area (Å²) in [7, 11) is 1.65. The maximum atomic E-state index is 11.9. The van der Waals surface area contributed by atoms with Gasteiger partial charge in [-0.15, -0.1) is 11.3 Å². The van der Waals surface area contributed by atoms with E-state index in [0.717, 1.165) is 22.6 Å². The van der Waals surface area contributed by atoms with Crippen molar-refractivity contribution in [1.82, 2.24) is 0 Å². The number of hydrogen-bond donors (Lipinski definition) is 1. The summed E-state index contributed by atoms with van der Waals surface area (Å²) in [6.45, 7) is 3.93. The highest BCUT2D eigenvalue weighted by Gasteiger charge is 2.09. The molecule has 94 valence electrons. The zero-order valence-electron chi connectivity index (χ0n) is 10.6. The Morgan fingerprint density at radius 3 is 2.44 bits per heavy atom. The Morgan fingerprint density at radius 2 is 1.94 bits per heavy atom. The van der Waals surface area contributed by atoms with E-state index in [-0.39, 0.29) is 5.91 Å². The minimum absolute atomic E-state index is 0.0750. The van der Waals surface area contributed by atoms with E-state index >= 15 is 0 Å². The second-order valence-electron chi connectivity index (χ2n) is 4.07. The largest absolute Gasteiger partial charge is 0.496 e. The third kappa shape index (κ3) is 2.54. The number of nitrogens with one attached hydrogen (secondary N) is 1. The van der Waals surface area contributed by atoms with Crippen LogP contribution in [0.3, 0.4) is 0 Å². The molecule has 1 aromatic heterocycles. The third-order valence-electron chi connectivity index (χ3n) is 2.67. The first-order chi connectivity index (χ1) is 8.61. The van der Waals surface area contributed by atoms with Crippen LogP contribution < -0.4 is 10.1 Å². The summed E-state index contributed by atoms with van der Waals surface area (Å²) in [5, 5.41) is 4.78. The standard InChI is InChI=1S/C14H15NO2S/c1-9-7-11(8-10(2)13(9)17-3)15-14(16)12-5-4-6-18-12/h4-8H,1-3H3,(H,15,16). The molecule has 1 amide bonds. The molecule has 0 aliphatic rings. The summed E-state index contributed by atoms with van der Waals surface area (Å²) >= 11 is 1.43. The molecule has 0 radical (unpaired) electrons. The van der Waals surface area contributed by atoms with Gasteiger partial charge in [0.15, 0.2) is 0 Å². The van der Waals surface area contributed by atoms with Gasteiger partial charge >= 0.3 is 0 Å². The zero-order valence-corrected chi connectivity index (χ0v) is 11.4. The number of carbonyl (C=O) groups excluding carboxylic acids is 1. The van der Waals surface area contributed by atoms with Crippen LogP contribution in [0.25, 0.3) is 0 Å². The monoisotopic (exact) mass is 261 g/mol. The van der Waals surface area contributed by atoms with Gasteiger partial charge < -0.3 is 10.1 Å². The van der Waals surface area contributed by atoms with Crippen molar-refractivity contribution < 1.29 is 9.53 Å². The van der Waals surface area contributed by atoms with Gasteiger partial charge in [0.05, 0.1) is 12.0 Å². The van der Waals surface area contributed by atoms with Crippen LogP contribution in [0.1, 0.15) is 20.8 Å². The molecule has 4 heteroatoms. The maximum Gasteiger partial charge on any atom is 0.265 e. The number of methoxy groups -OCH3 is 1. The molecule has 0 aliphatic carbocycles. The van der Waals surface area contributed by atoms with Crippen molar-refractivity contribution in [1.29, 1.82) is 0 Å². The molecule has 3 nitrogen and oxygen atoms in total. The molecule has 0 saturated carbocycles. The quantitative estimate of drug-likeness (QED) is 0.916. The van der Waals surface area contributed by atoms with Crippen LogP contribution in [0, 0.1) is 13.8 Å². The Balaban J connectivity index is 2.23. The van der Waals surface area contributed by atoms with Crippen LogP contribution in [-0.2, 0) is 0 Å². The summed E-state index contributed by atoms with van der Waals surface area (Å²) in [5.41, 5.74) is 2.82. The number of rotatable bonds is 3. The van der Waals surface area contributed by atoms with Crippen LogP contribution in [0.4, 0.5) is 5.69 Å². The smallest absolute Gasteiger partial charge is 0.265 e. The van der Waals surface area contributed by atoms with Crippen molar-refractivity contribution in [3.05, 3.63) is 45.6 Å². The highest BCUT2D eigenvalue weighted by Crippen LogP contribution is 2.27. The molecule has 2 rings (SSSR count). The molecule has 0 fully saturated rings. The Morgan fingerprint density at radius 1 is 1.28 bits per heavy atom. The van der Waals surface area contributed by atoms with Gasteiger partial charge in [0, 0.05) is 5.69 Å². The zero-order chi connectivity index (χ0) is 13.1. The lowest BCUT2D eigenvalue weighted by molar-refractivity contribution is 0.103. The van der Waals surface area contributed by atoms with Crippen LogP contribution in [-0.4, -0.2) is 13.0 Å². The highest BCUT2D eigenvalue weighted by molar-refractivity contribution is 7.12. The van der Waals surface area contributed by atoms with Gasteiger partial charge in [0.1, 0.15) is 5.75 Å². The van der Waals surface area contributed by atoms with Gasteiger partial charge in [-0.05, 0) is 48.6 Å².